The summed E-state index contributed by atoms with van der Waals surface area (Å²) >= 11 is 0. The molecule has 20 nitrogen and oxygen atoms in total. The van der Waals surface area contributed by atoms with E-state index in [0.717, 1.165) is 71.8 Å². The molecule has 0 spiro atoms. The van der Waals surface area contributed by atoms with Crippen molar-refractivity contribution in [3.63, 3.8) is 0 Å². The standard InChI is InChI=1S/C46H75N5O15S/c1-3-4-9-42-50-43-40-11-10-37(33-41(40)49-45(47)44(43)51-42)8-6-5-7-14-48-46(54)38(35-67(55,56)57)34-39(53)13-16-59-18-20-61-22-24-63-26-28-65-30-32-66-31-29-64-27-25-62-23-21-60-19-17-58-15-12-36(2)52/h10-11,33,38H,3-9,12-32,34-35H2,1-2H3,(H2,47,49)(H,48,54)(H,50,51)(H,55,56,57)/t38-/m0/s1. The van der Waals surface area contributed by atoms with E-state index in [-0.39, 0.29) is 44.2 Å². The fourth-order valence-corrected chi connectivity index (χ4v) is 7.36. The number of nitrogens with two attached hydrogens (primary N) is 1. The zero-order valence-electron chi connectivity index (χ0n) is 39.6. The molecule has 21 heteroatoms. The molecule has 5 N–H and O–H groups in total. The molecule has 0 bridgehead atoms. The predicted molar refractivity (Wildman–Crippen MR) is 252 cm³/mol. The maximum absolute atomic E-state index is 12.9. The number of nitrogen functional groups attached to an aromatic ring is 1. The third-order valence-corrected chi connectivity index (χ3v) is 11.0. The molecular formula is C46H75N5O15S. The van der Waals surface area contributed by atoms with E-state index in [0.29, 0.717) is 124 Å². The number of rotatable bonds is 44. The lowest BCUT2D eigenvalue weighted by Gasteiger charge is -2.15. The number of nitrogens with one attached hydrogen (secondary N) is 2. The van der Waals surface area contributed by atoms with Gasteiger partial charge in [-0.2, -0.15) is 8.42 Å². The third kappa shape index (κ3) is 27.1. The average Bonchev–Trinajstić information content (AvgIpc) is 3.73. The Hall–Kier alpha value is -3.74. The Labute approximate surface area is 395 Å². The number of imidazole rings is 1. The van der Waals surface area contributed by atoms with Crippen LogP contribution < -0.4 is 11.1 Å². The molecule has 380 valence electrons. The number of carbonyl (C=O) groups is 3. The first-order valence-electron chi connectivity index (χ1n) is 23.5. The number of pyridine rings is 1. The summed E-state index contributed by atoms with van der Waals surface area (Å²) in [7, 11) is -4.49. The minimum atomic E-state index is -4.49. The van der Waals surface area contributed by atoms with Crippen molar-refractivity contribution in [3.05, 3.63) is 29.6 Å². The Kier molecular flexibility index (Phi) is 30.4. The third-order valence-electron chi connectivity index (χ3n) is 10.1. The molecule has 0 unspecified atom stereocenters. The molecule has 0 fully saturated rings. The molecule has 1 atom stereocenters. The normalized spacial score (nSPS) is 12.3. The lowest BCUT2D eigenvalue weighted by atomic mass is 10.0. The van der Waals surface area contributed by atoms with E-state index >= 15 is 0 Å². The Morgan fingerprint density at radius 3 is 1.69 bits per heavy atom. The second-order valence-electron chi connectivity index (χ2n) is 15.9. The maximum atomic E-state index is 12.9. The maximum Gasteiger partial charge on any atom is 0.265 e. The van der Waals surface area contributed by atoms with Crippen LogP contribution in [0, 0.1) is 5.92 Å². The van der Waals surface area contributed by atoms with Crippen LogP contribution in [0.15, 0.2) is 18.2 Å². The van der Waals surface area contributed by atoms with E-state index in [1.165, 1.54) is 6.92 Å². The number of aromatic amines is 1. The molecule has 0 aliphatic rings. The predicted octanol–water partition coefficient (Wildman–Crippen LogP) is 3.85. The zero-order chi connectivity index (χ0) is 48.4. The van der Waals surface area contributed by atoms with Gasteiger partial charge in [-0.15, -0.1) is 0 Å². The van der Waals surface area contributed by atoms with E-state index in [4.69, 9.17) is 53.3 Å². The Morgan fingerprint density at radius 1 is 0.687 bits per heavy atom. The summed E-state index contributed by atoms with van der Waals surface area (Å²) in [5, 5.41) is 3.67. The Bertz CT molecular complexity index is 1950. The van der Waals surface area contributed by atoms with Gasteiger partial charge >= 0.3 is 0 Å². The van der Waals surface area contributed by atoms with Crippen molar-refractivity contribution in [2.75, 3.05) is 137 Å². The smallest absolute Gasteiger partial charge is 0.265 e. The minimum absolute atomic E-state index is 0.0165. The second-order valence-corrected chi connectivity index (χ2v) is 17.4. The van der Waals surface area contributed by atoms with Gasteiger partial charge in [-0.1, -0.05) is 31.9 Å². The van der Waals surface area contributed by atoms with Gasteiger partial charge in [0.1, 0.15) is 34.2 Å². The van der Waals surface area contributed by atoms with Crippen LogP contribution in [0.25, 0.3) is 21.9 Å². The van der Waals surface area contributed by atoms with Gasteiger partial charge in [0, 0.05) is 37.6 Å². The van der Waals surface area contributed by atoms with Crippen LogP contribution in [0.3, 0.4) is 0 Å². The van der Waals surface area contributed by atoms with Gasteiger partial charge in [0.2, 0.25) is 5.91 Å². The summed E-state index contributed by atoms with van der Waals surface area (Å²) in [5.41, 5.74) is 9.75. The quantitative estimate of drug-likeness (QED) is 0.0463. The summed E-state index contributed by atoms with van der Waals surface area (Å²) in [6, 6.07) is 6.12. The van der Waals surface area contributed by atoms with Crippen molar-refractivity contribution in [1.82, 2.24) is 20.3 Å². The Morgan fingerprint density at radius 2 is 1.19 bits per heavy atom. The first kappa shape index (κ1) is 57.6. The number of ketones is 2. The highest BCUT2D eigenvalue weighted by Crippen LogP contribution is 2.27. The van der Waals surface area contributed by atoms with E-state index in [9.17, 15) is 27.4 Å². The topological polar surface area (TPSA) is 268 Å². The molecule has 2 heterocycles. The van der Waals surface area contributed by atoms with Gasteiger partial charge in [0.05, 0.1) is 136 Å². The number of fused-ring (bicyclic) bond motifs is 3. The number of amides is 1. The molecule has 2 aromatic heterocycles. The van der Waals surface area contributed by atoms with Crippen LogP contribution in [0.5, 0.6) is 0 Å². The summed E-state index contributed by atoms with van der Waals surface area (Å²) in [5.74, 6) is -1.56. The summed E-state index contributed by atoms with van der Waals surface area (Å²) in [6.07, 6.45) is 6.13. The van der Waals surface area contributed by atoms with Gasteiger partial charge in [-0.05, 0) is 44.2 Å². The monoisotopic (exact) mass is 969 g/mol. The first-order chi connectivity index (χ1) is 32.5. The average molecular weight is 970 g/mol. The number of nitrogens with zero attached hydrogens (tertiary/aromatic N) is 2. The van der Waals surface area contributed by atoms with Crippen molar-refractivity contribution in [1.29, 1.82) is 0 Å². The number of ether oxygens (including phenoxy) is 9. The fourth-order valence-electron chi connectivity index (χ4n) is 6.58. The SMILES string of the molecule is CCCCc1nc2c([nH]1)c(N)nc1cc(CCCCCNC(=O)[C@@H](CC(=O)CCOCCOCCOCCOCCOCCOCCOCCOCCOCCC(C)=O)CS(=O)(=O)O)ccc12. The second kappa shape index (κ2) is 35.4. The fraction of sp³-hybridized carbons (Fsp3) is 0.717. The molecule has 0 saturated heterocycles. The molecule has 1 amide bonds. The molecule has 0 radical (unpaired) electrons. The number of anilines is 1. The molecule has 3 aromatic rings. The van der Waals surface area contributed by atoms with Crippen molar-refractivity contribution in [2.24, 2.45) is 5.92 Å². The summed E-state index contributed by atoms with van der Waals surface area (Å²) in [6.45, 7) is 11.1. The molecule has 3 rings (SSSR count). The van der Waals surface area contributed by atoms with Crippen LogP contribution in [-0.4, -0.2) is 177 Å². The number of benzene rings is 1. The van der Waals surface area contributed by atoms with Crippen LogP contribution in [-0.2, 0) is 80.0 Å². The van der Waals surface area contributed by atoms with Gasteiger partial charge in [-0.3, -0.25) is 18.9 Å². The van der Waals surface area contributed by atoms with E-state index in [1.54, 1.807) is 0 Å². The molecule has 1 aromatic carbocycles. The number of unbranched alkanes of at least 4 members (excludes halogenated alkanes) is 3. The number of carbonyl (C=O) groups excluding carboxylic acids is 3. The van der Waals surface area contributed by atoms with E-state index in [1.807, 2.05) is 12.1 Å². The highest BCUT2D eigenvalue weighted by molar-refractivity contribution is 7.85. The van der Waals surface area contributed by atoms with Gasteiger partial charge < -0.3 is 58.7 Å². The van der Waals surface area contributed by atoms with Crippen molar-refractivity contribution in [2.45, 2.75) is 78.1 Å². The van der Waals surface area contributed by atoms with Crippen LogP contribution in [0.1, 0.15) is 76.6 Å². The van der Waals surface area contributed by atoms with Crippen molar-refractivity contribution in [3.8, 4) is 0 Å². The molecule has 67 heavy (non-hydrogen) atoms. The van der Waals surface area contributed by atoms with Gasteiger partial charge in [0.25, 0.3) is 10.1 Å². The van der Waals surface area contributed by atoms with Crippen LogP contribution in [0.4, 0.5) is 5.82 Å². The minimum Gasteiger partial charge on any atom is -0.382 e. The number of aryl methyl sites for hydroxylation is 2. The number of H-pyrrole nitrogens is 1. The lowest BCUT2D eigenvalue weighted by Crippen LogP contribution is -2.36. The largest absolute Gasteiger partial charge is 0.382 e. The molecule has 0 aliphatic carbocycles. The molecule has 0 aliphatic heterocycles. The van der Waals surface area contributed by atoms with Crippen molar-refractivity contribution < 1.29 is 70.0 Å². The van der Waals surface area contributed by atoms with E-state index < -0.39 is 27.7 Å². The first-order valence-corrected chi connectivity index (χ1v) is 25.1. The summed E-state index contributed by atoms with van der Waals surface area (Å²) < 4.78 is 81.7. The van der Waals surface area contributed by atoms with E-state index in [2.05, 4.69) is 28.3 Å². The number of Topliss-reactive ketones (excluding diaryl/α,β-unsaturated/α-hetero) is 2. The van der Waals surface area contributed by atoms with Crippen molar-refractivity contribution >= 4 is 55.3 Å². The number of aromatic nitrogens is 3. The molecule has 0 saturated carbocycles. The van der Waals surface area contributed by atoms with Crippen LogP contribution in [0.2, 0.25) is 0 Å². The van der Waals surface area contributed by atoms with Crippen LogP contribution >= 0.6 is 0 Å². The number of hydrogen-bond donors (Lipinski definition) is 4. The zero-order valence-corrected chi connectivity index (χ0v) is 40.4. The highest BCUT2D eigenvalue weighted by atomic mass is 32.2. The Balaban J connectivity index is 1.11. The summed E-state index contributed by atoms with van der Waals surface area (Å²) in [4.78, 5) is 49.0. The highest BCUT2D eigenvalue weighted by Gasteiger charge is 2.26. The van der Waals surface area contributed by atoms with Gasteiger partial charge in [-0.25, -0.2) is 9.97 Å². The lowest BCUT2D eigenvalue weighted by molar-refractivity contribution is -0.129. The molecular weight excluding hydrogens is 895 g/mol. The number of hydrogen-bond acceptors (Lipinski definition) is 17. The van der Waals surface area contributed by atoms with Gasteiger partial charge in [0.15, 0.2) is 0 Å².